The van der Waals surface area contributed by atoms with E-state index in [0.717, 1.165) is 23.2 Å². The summed E-state index contributed by atoms with van der Waals surface area (Å²) in [4.78, 5) is 0.183. The third kappa shape index (κ3) is 3.98. The average molecular weight is 481 g/mol. The van der Waals surface area contributed by atoms with Crippen LogP contribution in [0.5, 0.6) is 11.5 Å². The van der Waals surface area contributed by atoms with Crippen LogP contribution in [-0.2, 0) is 10.0 Å². The van der Waals surface area contributed by atoms with Crippen molar-refractivity contribution in [1.82, 2.24) is 0 Å². The van der Waals surface area contributed by atoms with Gasteiger partial charge in [-0.05, 0) is 65.9 Å². The molecule has 1 heterocycles. The van der Waals surface area contributed by atoms with Gasteiger partial charge < -0.3 is 14.8 Å². The number of anilines is 2. The topological polar surface area (TPSA) is 76.7 Å². The van der Waals surface area contributed by atoms with E-state index in [4.69, 9.17) is 9.47 Å². The lowest BCUT2D eigenvalue weighted by Crippen LogP contribution is -2.29. The van der Waals surface area contributed by atoms with Gasteiger partial charge in [0, 0.05) is 17.7 Å². The highest BCUT2D eigenvalue weighted by Gasteiger charge is 2.38. The van der Waals surface area contributed by atoms with Crippen molar-refractivity contribution >= 4 is 21.4 Å². The van der Waals surface area contributed by atoms with Crippen LogP contribution in [0.25, 0.3) is 0 Å². The Kier molecular flexibility index (Phi) is 5.69. The van der Waals surface area contributed by atoms with E-state index in [1.165, 1.54) is 26.4 Å². The fraction of sp³-hybridized carbons (Fsp3) is 0.231. The maximum Gasteiger partial charge on any atom is 0.261 e. The zero-order valence-corrected chi connectivity index (χ0v) is 19.6. The number of methoxy groups -OCH3 is 2. The van der Waals surface area contributed by atoms with Crippen molar-refractivity contribution in [3.05, 3.63) is 89.8 Å². The summed E-state index contributed by atoms with van der Waals surface area (Å²) in [6.45, 7) is 0. The summed E-state index contributed by atoms with van der Waals surface area (Å²) in [6, 6.07) is 16.6. The van der Waals surface area contributed by atoms with Crippen LogP contribution >= 0.6 is 0 Å². The summed E-state index contributed by atoms with van der Waals surface area (Å²) in [5, 5.41) is 3.55. The summed E-state index contributed by atoms with van der Waals surface area (Å²) in [5.74, 6) is 0.971. The highest BCUT2D eigenvalue weighted by Crippen LogP contribution is 2.50. The minimum atomic E-state index is -3.83. The van der Waals surface area contributed by atoms with Crippen molar-refractivity contribution in [3.8, 4) is 11.5 Å². The van der Waals surface area contributed by atoms with Gasteiger partial charge in [0.1, 0.15) is 5.82 Å². The molecule has 1 aliphatic carbocycles. The lowest BCUT2D eigenvalue weighted by molar-refractivity contribution is 0.355. The molecule has 176 valence electrons. The number of nitrogens with one attached hydrogen (secondary N) is 2. The van der Waals surface area contributed by atoms with Crippen molar-refractivity contribution in [2.45, 2.75) is 23.3 Å². The Labute approximate surface area is 198 Å². The summed E-state index contributed by atoms with van der Waals surface area (Å²) < 4.78 is 53.0. The number of sulfonamides is 1. The van der Waals surface area contributed by atoms with Gasteiger partial charge in [0.05, 0.1) is 30.8 Å². The van der Waals surface area contributed by atoms with Crippen molar-refractivity contribution in [2.24, 2.45) is 5.92 Å². The lowest BCUT2D eigenvalue weighted by Gasteiger charge is -2.37. The van der Waals surface area contributed by atoms with Crippen molar-refractivity contribution in [1.29, 1.82) is 0 Å². The van der Waals surface area contributed by atoms with Gasteiger partial charge in [0.25, 0.3) is 10.0 Å². The van der Waals surface area contributed by atoms with Crippen LogP contribution in [0, 0.1) is 11.7 Å². The number of ether oxygens (including phenoxy) is 2. The van der Waals surface area contributed by atoms with Gasteiger partial charge in [-0.1, -0.05) is 24.3 Å². The van der Waals surface area contributed by atoms with Gasteiger partial charge in [0.15, 0.2) is 11.5 Å². The maximum absolute atomic E-state index is 13.4. The summed E-state index contributed by atoms with van der Waals surface area (Å²) in [6.07, 6.45) is 5.13. The third-order valence-corrected chi connectivity index (χ3v) is 7.89. The Hall–Kier alpha value is -3.52. The van der Waals surface area contributed by atoms with Crippen LogP contribution in [0.4, 0.5) is 15.8 Å². The normalized spacial score (nSPS) is 20.7. The van der Waals surface area contributed by atoms with Gasteiger partial charge in [-0.15, -0.1) is 0 Å². The molecule has 3 aromatic carbocycles. The second kappa shape index (κ2) is 8.68. The maximum atomic E-state index is 13.4. The minimum absolute atomic E-state index is 0.0143. The van der Waals surface area contributed by atoms with Crippen molar-refractivity contribution < 1.29 is 22.3 Å². The molecule has 34 heavy (non-hydrogen) atoms. The molecule has 8 heteroatoms. The molecule has 0 saturated heterocycles. The number of hydrogen-bond acceptors (Lipinski definition) is 5. The van der Waals surface area contributed by atoms with Gasteiger partial charge in [-0.2, -0.15) is 0 Å². The van der Waals surface area contributed by atoms with E-state index in [0.29, 0.717) is 17.2 Å². The number of allylic oxidation sites excluding steroid dienone is 2. The molecule has 0 fully saturated rings. The Morgan fingerprint density at radius 2 is 1.74 bits per heavy atom. The van der Waals surface area contributed by atoms with E-state index in [-0.39, 0.29) is 28.6 Å². The molecule has 6 nitrogen and oxygen atoms in total. The fourth-order valence-corrected chi connectivity index (χ4v) is 5.94. The minimum Gasteiger partial charge on any atom is -0.493 e. The first-order chi connectivity index (χ1) is 16.4. The number of fused-ring (bicyclic) bond motifs is 3. The molecule has 5 rings (SSSR count). The third-order valence-electron chi connectivity index (χ3n) is 6.51. The SMILES string of the molecule is COc1ccc(NS(=O)(=O)c2ccc3c(c2)[C@H]2C=CC[C@H]2[C@@H](c2ccc(F)cc2)N3)cc1OC. The monoisotopic (exact) mass is 480 g/mol. The predicted octanol–water partition coefficient (Wildman–Crippen LogP) is 5.47. The molecule has 0 spiro atoms. The van der Waals surface area contributed by atoms with Crippen LogP contribution in [0.15, 0.2) is 77.7 Å². The molecule has 3 aromatic rings. The number of rotatable bonds is 6. The van der Waals surface area contributed by atoms with E-state index < -0.39 is 10.0 Å². The van der Waals surface area contributed by atoms with Crippen molar-refractivity contribution in [2.75, 3.05) is 24.3 Å². The standard InChI is InChI=1S/C26H25FN2O4S/c1-32-24-13-10-18(14-25(24)33-2)29-34(30,31)19-11-12-23-22(15-19)20-4-3-5-21(20)26(28-23)16-6-8-17(27)9-7-16/h3-4,6-15,20-21,26,28-29H,5H2,1-2H3/t20-,21+,26+/m0/s1. The zero-order chi connectivity index (χ0) is 23.9. The molecule has 0 bridgehead atoms. The Bertz CT molecular complexity index is 1360. The Morgan fingerprint density at radius 3 is 2.47 bits per heavy atom. The van der Waals surface area contributed by atoms with E-state index in [9.17, 15) is 12.8 Å². The zero-order valence-electron chi connectivity index (χ0n) is 18.8. The van der Waals surface area contributed by atoms with Gasteiger partial charge in [-0.25, -0.2) is 12.8 Å². The van der Waals surface area contributed by atoms with Gasteiger partial charge in [-0.3, -0.25) is 4.72 Å². The first kappa shape index (κ1) is 22.3. The lowest BCUT2D eigenvalue weighted by atomic mass is 9.77. The number of benzene rings is 3. The van der Waals surface area contributed by atoms with Gasteiger partial charge in [0.2, 0.25) is 0 Å². The van der Waals surface area contributed by atoms with Crippen LogP contribution in [-0.4, -0.2) is 22.6 Å². The fourth-order valence-electron chi connectivity index (χ4n) is 4.85. The number of halogens is 1. The first-order valence-corrected chi connectivity index (χ1v) is 12.5. The summed E-state index contributed by atoms with van der Waals surface area (Å²) in [7, 11) is -0.811. The highest BCUT2D eigenvalue weighted by atomic mass is 32.2. The van der Waals surface area contributed by atoms with Crippen molar-refractivity contribution in [3.63, 3.8) is 0 Å². The molecule has 0 saturated carbocycles. The highest BCUT2D eigenvalue weighted by molar-refractivity contribution is 7.92. The molecular formula is C26H25FN2O4S. The van der Waals surface area contributed by atoms with E-state index >= 15 is 0 Å². The quantitative estimate of drug-likeness (QED) is 0.458. The predicted molar refractivity (Wildman–Crippen MR) is 130 cm³/mol. The molecular weight excluding hydrogens is 455 g/mol. The van der Waals surface area contributed by atoms with E-state index in [2.05, 4.69) is 22.2 Å². The molecule has 3 atom stereocenters. The molecule has 0 unspecified atom stereocenters. The molecule has 0 amide bonds. The van der Waals surface area contributed by atoms with E-state index in [1.807, 2.05) is 0 Å². The number of hydrogen-bond donors (Lipinski definition) is 2. The molecule has 2 aliphatic rings. The van der Waals surface area contributed by atoms with Crippen LogP contribution in [0.2, 0.25) is 0 Å². The Morgan fingerprint density at radius 1 is 0.971 bits per heavy atom. The average Bonchev–Trinajstić information content (AvgIpc) is 3.34. The summed E-state index contributed by atoms with van der Waals surface area (Å²) >= 11 is 0. The second-order valence-electron chi connectivity index (χ2n) is 8.45. The van der Waals surface area contributed by atoms with Crippen LogP contribution in [0.1, 0.15) is 29.5 Å². The largest absolute Gasteiger partial charge is 0.493 e. The molecule has 0 radical (unpaired) electrons. The molecule has 0 aromatic heterocycles. The first-order valence-electron chi connectivity index (χ1n) is 11.0. The molecule has 1 aliphatic heterocycles. The Balaban J connectivity index is 1.46. The van der Waals surface area contributed by atoms with Gasteiger partial charge >= 0.3 is 0 Å². The smallest absolute Gasteiger partial charge is 0.261 e. The van der Waals surface area contributed by atoms with E-state index in [1.54, 1.807) is 48.5 Å². The molecule has 2 N–H and O–H groups in total. The second-order valence-corrected chi connectivity index (χ2v) is 10.1. The van der Waals surface area contributed by atoms with Crippen LogP contribution in [0.3, 0.4) is 0 Å². The van der Waals surface area contributed by atoms with Crippen LogP contribution < -0.4 is 19.5 Å². The summed E-state index contributed by atoms with van der Waals surface area (Å²) in [5.41, 5.74) is 3.21.